The number of carbonyl (C=O) groups excluding carboxylic acids is 2. The SMILES string of the molecule is O=C1[C@H]2C3c4ccccc4C(c4ccccc43)[C@@H]2C(=O)N1/N=C\c1ccc(I)cc1. The van der Waals surface area contributed by atoms with Gasteiger partial charge in [0.15, 0.2) is 0 Å². The molecular weight excluding hydrogens is 487 g/mol. The molecule has 2 bridgehead atoms. The second kappa shape index (κ2) is 6.60. The Kier molecular flexibility index (Phi) is 3.96. The highest BCUT2D eigenvalue weighted by molar-refractivity contribution is 14.1. The first kappa shape index (κ1) is 18.0. The van der Waals surface area contributed by atoms with Crippen LogP contribution in [0.2, 0.25) is 0 Å². The zero-order chi connectivity index (χ0) is 20.4. The lowest BCUT2D eigenvalue weighted by atomic mass is 9.55. The topological polar surface area (TPSA) is 49.7 Å². The third-order valence-corrected chi connectivity index (χ3v) is 7.34. The number of hydrogen-bond donors (Lipinski definition) is 0. The molecule has 5 heteroatoms. The van der Waals surface area contributed by atoms with Gasteiger partial charge in [-0.25, -0.2) is 0 Å². The third kappa shape index (κ3) is 2.41. The Hall–Kier alpha value is -2.80. The first-order chi connectivity index (χ1) is 14.6. The van der Waals surface area contributed by atoms with Gasteiger partial charge in [0.2, 0.25) is 0 Å². The highest BCUT2D eigenvalue weighted by atomic mass is 127. The molecule has 0 aromatic heterocycles. The van der Waals surface area contributed by atoms with Crippen LogP contribution >= 0.6 is 22.6 Å². The summed E-state index contributed by atoms with van der Waals surface area (Å²) in [5.74, 6) is -1.34. The average Bonchev–Trinajstić information content (AvgIpc) is 3.04. The molecular formula is C25H17IN2O2. The number of amides is 2. The van der Waals surface area contributed by atoms with Crippen LogP contribution in [0.4, 0.5) is 0 Å². The van der Waals surface area contributed by atoms with Gasteiger partial charge in [0.05, 0.1) is 18.1 Å². The van der Waals surface area contributed by atoms with Crippen LogP contribution in [0.15, 0.2) is 77.9 Å². The van der Waals surface area contributed by atoms with Crippen LogP contribution < -0.4 is 0 Å². The van der Waals surface area contributed by atoms with Crippen LogP contribution in [0.3, 0.4) is 0 Å². The number of carbonyl (C=O) groups is 2. The summed E-state index contributed by atoms with van der Waals surface area (Å²) in [6.45, 7) is 0. The van der Waals surface area contributed by atoms with E-state index in [1.807, 2.05) is 48.5 Å². The molecule has 2 amide bonds. The zero-order valence-corrected chi connectivity index (χ0v) is 18.1. The second-order valence-corrected chi connectivity index (χ2v) is 9.29. The van der Waals surface area contributed by atoms with Gasteiger partial charge in [-0.1, -0.05) is 60.7 Å². The normalized spacial score (nSPS) is 26.1. The molecule has 1 fully saturated rings. The van der Waals surface area contributed by atoms with Crippen LogP contribution in [-0.2, 0) is 9.59 Å². The van der Waals surface area contributed by atoms with Gasteiger partial charge in [-0.15, -0.1) is 0 Å². The summed E-state index contributed by atoms with van der Waals surface area (Å²) in [4.78, 5) is 26.9. The maximum atomic E-state index is 13.4. The van der Waals surface area contributed by atoms with Crippen molar-refractivity contribution in [2.24, 2.45) is 16.9 Å². The van der Waals surface area contributed by atoms with Gasteiger partial charge in [-0.3, -0.25) is 9.59 Å². The molecule has 7 rings (SSSR count). The molecule has 3 aliphatic carbocycles. The standard InChI is InChI=1S/C25H17IN2O2/c26-15-11-9-14(10-12-15)13-27-28-24(29)22-20-16-5-1-2-6-17(16)21(23(22)25(28)30)19-8-4-3-7-18(19)20/h1-13,20-23H/b27-13-/t20?,21?,22-,23-/m0/s1. The van der Waals surface area contributed by atoms with Crippen molar-refractivity contribution in [1.29, 1.82) is 0 Å². The fraction of sp³-hybridized carbons (Fsp3) is 0.160. The van der Waals surface area contributed by atoms with Crippen LogP contribution in [0.5, 0.6) is 0 Å². The van der Waals surface area contributed by atoms with Crippen molar-refractivity contribution in [1.82, 2.24) is 5.01 Å². The van der Waals surface area contributed by atoms with Crippen LogP contribution in [0.25, 0.3) is 0 Å². The van der Waals surface area contributed by atoms with Crippen molar-refractivity contribution < 1.29 is 9.59 Å². The number of hydrogen-bond acceptors (Lipinski definition) is 3. The summed E-state index contributed by atoms with van der Waals surface area (Å²) in [5, 5.41) is 5.45. The van der Waals surface area contributed by atoms with Crippen molar-refractivity contribution in [2.75, 3.05) is 0 Å². The molecule has 0 N–H and O–H groups in total. The molecule has 0 spiro atoms. The molecule has 146 valence electrons. The minimum Gasteiger partial charge on any atom is -0.272 e. The van der Waals surface area contributed by atoms with Crippen LogP contribution in [0.1, 0.15) is 39.7 Å². The third-order valence-electron chi connectivity index (χ3n) is 6.62. The van der Waals surface area contributed by atoms with E-state index in [1.165, 1.54) is 22.3 Å². The average molecular weight is 504 g/mol. The lowest BCUT2D eigenvalue weighted by molar-refractivity contribution is -0.139. The Balaban J connectivity index is 1.45. The molecule has 30 heavy (non-hydrogen) atoms. The number of hydrazone groups is 1. The monoisotopic (exact) mass is 504 g/mol. The molecule has 1 saturated heterocycles. The molecule has 1 aliphatic heterocycles. The largest absolute Gasteiger partial charge is 0.272 e. The second-order valence-electron chi connectivity index (χ2n) is 8.05. The van der Waals surface area contributed by atoms with Crippen molar-refractivity contribution >= 4 is 40.6 Å². The number of halogens is 1. The van der Waals surface area contributed by atoms with E-state index in [9.17, 15) is 9.59 Å². The summed E-state index contributed by atoms with van der Waals surface area (Å²) >= 11 is 2.24. The van der Waals surface area contributed by atoms with Crippen molar-refractivity contribution in [3.63, 3.8) is 0 Å². The number of rotatable bonds is 2. The maximum Gasteiger partial charge on any atom is 0.254 e. The summed E-state index contributed by atoms with van der Waals surface area (Å²) in [6.07, 6.45) is 1.60. The first-order valence-electron chi connectivity index (χ1n) is 10.00. The van der Waals surface area contributed by atoms with Gasteiger partial charge >= 0.3 is 0 Å². The lowest BCUT2D eigenvalue weighted by Crippen LogP contribution is -2.41. The van der Waals surface area contributed by atoms with Gasteiger partial charge in [0.25, 0.3) is 11.8 Å². The number of imide groups is 1. The molecule has 4 aliphatic rings. The Morgan fingerprint density at radius 2 is 1.13 bits per heavy atom. The smallest absolute Gasteiger partial charge is 0.254 e. The van der Waals surface area contributed by atoms with Crippen molar-refractivity contribution in [3.05, 3.63) is 104 Å². The highest BCUT2D eigenvalue weighted by Crippen LogP contribution is 2.60. The molecule has 1 heterocycles. The molecule has 0 saturated carbocycles. The molecule has 4 nitrogen and oxygen atoms in total. The van der Waals surface area contributed by atoms with E-state index in [1.54, 1.807) is 6.21 Å². The van der Waals surface area contributed by atoms with Crippen molar-refractivity contribution in [3.8, 4) is 0 Å². The van der Waals surface area contributed by atoms with Gasteiger partial charge in [0.1, 0.15) is 0 Å². The number of nitrogens with zero attached hydrogens (tertiary/aromatic N) is 2. The zero-order valence-electron chi connectivity index (χ0n) is 15.9. The first-order valence-corrected chi connectivity index (χ1v) is 11.1. The van der Waals surface area contributed by atoms with Gasteiger partial charge in [-0.05, 0) is 62.5 Å². The fourth-order valence-electron chi connectivity index (χ4n) is 5.45. The Morgan fingerprint density at radius 1 is 0.700 bits per heavy atom. The van der Waals surface area contributed by atoms with Gasteiger partial charge < -0.3 is 0 Å². The summed E-state index contributed by atoms with van der Waals surface area (Å²) in [6, 6.07) is 24.3. The maximum absolute atomic E-state index is 13.4. The van der Waals surface area contributed by atoms with E-state index in [4.69, 9.17) is 0 Å². The van der Waals surface area contributed by atoms with E-state index in [0.29, 0.717) is 0 Å². The van der Waals surface area contributed by atoms with Crippen molar-refractivity contribution in [2.45, 2.75) is 11.8 Å². The molecule has 0 radical (unpaired) electrons. The number of benzene rings is 3. The molecule has 3 aromatic rings. The minimum atomic E-state index is -0.388. The summed E-state index contributed by atoms with van der Waals surface area (Å²) < 4.78 is 1.12. The van der Waals surface area contributed by atoms with E-state index in [-0.39, 0.29) is 35.5 Å². The molecule has 2 atom stereocenters. The Morgan fingerprint density at radius 3 is 1.57 bits per heavy atom. The fourth-order valence-corrected chi connectivity index (χ4v) is 5.81. The minimum absolute atomic E-state index is 0.0950. The van der Waals surface area contributed by atoms with E-state index >= 15 is 0 Å². The van der Waals surface area contributed by atoms with Gasteiger partial charge in [0, 0.05) is 15.4 Å². The van der Waals surface area contributed by atoms with Crippen LogP contribution in [0, 0.1) is 15.4 Å². The predicted octanol–water partition coefficient (Wildman–Crippen LogP) is 4.52. The molecule has 3 aromatic carbocycles. The Labute approximate surface area is 187 Å². The quantitative estimate of drug-likeness (QED) is 0.293. The lowest BCUT2D eigenvalue weighted by Gasteiger charge is -2.45. The summed E-state index contributed by atoms with van der Waals surface area (Å²) in [7, 11) is 0. The Bertz CT molecular complexity index is 1120. The summed E-state index contributed by atoms with van der Waals surface area (Å²) in [5.41, 5.74) is 5.55. The molecule has 0 unspecified atom stereocenters. The van der Waals surface area contributed by atoms with E-state index in [0.717, 1.165) is 14.1 Å². The van der Waals surface area contributed by atoms with E-state index < -0.39 is 0 Å². The highest BCUT2D eigenvalue weighted by Gasteiger charge is 2.61. The van der Waals surface area contributed by atoms with Gasteiger partial charge in [-0.2, -0.15) is 10.1 Å². The van der Waals surface area contributed by atoms with Crippen LogP contribution in [-0.4, -0.2) is 23.0 Å². The van der Waals surface area contributed by atoms with E-state index in [2.05, 4.69) is 52.0 Å². The predicted molar refractivity (Wildman–Crippen MR) is 122 cm³/mol.